The minimum atomic E-state index is -0.841. The number of ether oxygens (including phenoxy) is 1. The van der Waals surface area contributed by atoms with E-state index in [9.17, 15) is 14.7 Å². The summed E-state index contributed by atoms with van der Waals surface area (Å²) in [5, 5.41) is 11.7. The normalized spacial score (nSPS) is 35.0. The lowest BCUT2D eigenvalue weighted by Gasteiger charge is -2.45. The van der Waals surface area contributed by atoms with Crippen molar-refractivity contribution in [2.75, 3.05) is 33.3 Å². The molecule has 166 valence electrons. The maximum absolute atomic E-state index is 12.7. The topological polar surface area (TPSA) is 70.1 Å². The van der Waals surface area contributed by atoms with Gasteiger partial charge in [-0.2, -0.15) is 0 Å². The highest BCUT2D eigenvalue weighted by Gasteiger charge is 2.55. The van der Waals surface area contributed by atoms with Gasteiger partial charge in [0.2, 0.25) is 11.8 Å². The van der Waals surface area contributed by atoms with Crippen LogP contribution in [-0.4, -0.2) is 60.0 Å². The highest BCUT2D eigenvalue weighted by atomic mass is 16.5. The zero-order chi connectivity index (χ0) is 21.6. The number of carbonyl (C=O) groups is 2. The minimum Gasteiger partial charge on any atom is -0.496 e. The first-order valence-electron chi connectivity index (χ1n) is 11.6. The number of hydrogen-bond acceptors (Lipinski definition) is 5. The van der Waals surface area contributed by atoms with Crippen molar-refractivity contribution in [2.45, 2.75) is 37.7 Å². The fourth-order valence-corrected chi connectivity index (χ4v) is 6.47. The van der Waals surface area contributed by atoms with Crippen LogP contribution >= 0.6 is 0 Å². The fourth-order valence-electron chi connectivity index (χ4n) is 6.47. The van der Waals surface area contributed by atoms with Gasteiger partial charge in [0.25, 0.3) is 0 Å². The van der Waals surface area contributed by atoms with E-state index in [0.29, 0.717) is 19.4 Å². The number of rotatable bonds is 6. The van der Waals surface area contributed by atoms with Gasteiger partial charge < -0.3 is 14.7 Å². The molecule has 0 aromatic heterocycles. The lowest BCUT2D eigenvalue weighted by molar-refractivity contribution is -0.140. The van der Waals surface area contributed by atoms with Crippen LogP contribution < -0.4 is 4.74 Å². The first-order valence-corrected chi connectivity index (χ1v) is 11.6. The van der Waals surface area contributed by atoms with Crippen LogP contribution in [0.25, 0.3) is 0 Å². The van der Waals surface area contributed by atoms with Crippen LogP contribution in [0.1, 0.15) is 37.7 Å². The summed E-state index contributed by atoms with van der Waals surface area (Å²) in [7, 11) is 1.66. The summed E-state index contributed by atoms with van der Waals surface area (Å²) < 4.78 is 5.55. The van der Waals surface area contributed by atoms with Gasteiger partial charge in [-0.25, -0.2) is 0 Å². The third-order valence-corrected chi connectivity index (χ3v) is 8.06. The van der Waals surface area contributed by atoms with Gasteiger partial charge in [0.15, 0.2) is 0 Å². The predicted molar refractivity (Wildman–Crippen MR) is 116 cm³/mol. The molecule has 4 aliphatic rings. The van der Waals surface area contributed by atoms with Crippen molar-refractivity contribution < 1.29 is 19.4 Å². The molecule has 1 N–H and O–H groups in total. The van der Waals surface area contributed by atoms with E-state index in [1.54, 1.807) is 7.11 Å². The maximum Gasteiger partial charge on any atom is 0.233 e. The van der Waals surface area contributed by atoms with Crippen molar-refractivity contribution in [2.24, 2.45) is 23.7 Å². The van der Waals surface area contributed by atoms with E-state index >= 15 is 0 Å². The van der Waals surface area contributed by atoms with E-state index in [-0.39, 0.29) is 35.5 Å². The Morgan fingerprint density at radius 3 is 2.23 bits per heavy atom. The van der Waals surface area contributed by atoms with Gasteiger partial charge in [-0.15, -0.1) is 0 Å². The van der Waals surface area contributed by atoms with E-state index < -0.39 is 5.60 Å². The van der Waals surface area contributed by atoms with Crippen LogP contribution in [-0.2, 0) is 15.2 Å². The average molecular weight is 425 g/mol. The number of piperidine rings is 1. The predicted octanol–water partition coefficient (Wildman–Crippen LogP) is 2.57. The summed E-state index contributed by atoms with van der Waals surface area (Å²) in [6, 6.07) is 7.84. The molecule has 0 radical (unpaired) electrons. The third kappa shape index (κ3) is 3.31. The molecule has 6 nitrogen and oxygen atoms in total. The van der Waals surface area contributed by atoms with Crippen LogP contribution in [0.2, 0.25) is 0 Å². The lowest BCUT2D eigenvalue weighted by atomic mass is 9.75. The molecule has 1 aromatic rings. The standard InChI is InChI=1S/C25H32N2O4/c1-31-22-10-5-4-9-21(22)25(30)17-11-12-18(25)16-26(15-17)13-6-14-27-23(28)19-7-2-3-8-20(19)24(27)29/h2-5,9-10,17-20,30H,6-8,11-16H2,1H3. The molecular weight excluding hydrogens is 392 g/mol. The number of amides is 2. The van der Waals surface area contributed by atoms with E-state index in [0.717, 1.165) is 50.2 Å². The third-order valence-electron chi connectivity index (χ3n) is 8.06. The Kier molecular flexibility index (Phi) is 5.39. The molecule has 0 spiro atoms. The molecule has 2 saturated heterocycles. The quantitative estimate of drug-likeness (QED) is 0.562. The SMILES string of the molecule is COc1ccccc1C1(O)C2CCC1CN(CCCN1C(=O)C3CC=CCC3C1=O)C2. The molecule has 3 fully saturated rings. The maximum atomic E-state index is 12.7. The minimum absolute atomic E-state index is 0.0172. The van der Waals surface area contributed by atoms with Crippen molar-refractivity contribution in [3.8, 4) is 5.75 Å². The monoisotopic (exact) mass is 424 g/mol. The van der Waals surface area contributed by atoms with Gasteiger partial charge in [-0.1, -0.05) is 30.4 Å². The van der Waals surface area contributed by atoms with Crippen LogP contribution in [0.15, 0.2) is 36.4 Å². The van der Waals surface area contributed by atoms with Crippen molar-refractivity contribution >= 4 is 11.8 Å². The van der Waals surface area contributed by atoms with Crippen molar-refractivity contribution in [1.29, 1.82) is 0 Å². The molecule has 2 heterocycles. The van der Waals surface area contributed by atoms with Crippen molar-refractivity contribution in [3.63, 3.8) is 0 Å². The van der Waals surface area contributed by atoms with Crippen LogP contribution in [0.3, 0.4) is 0 Å². The zero-order valence-electron chi connectivity index (χ0n) is 18.2. The van der Waals surface area contributed by atoms with E-state index in [1.165, 1.54) is 4.90 Å². The molecule has 6 heteroatoms. The first-order chi connectivity index (χ1) is 15.0. The Morgan fingerprint density at radius 1 is 1.00 bits per heavy atom. The van der Waals surface area contributed by atoms with Gasteiger partial charge in [-0.3, -0.25) is 14.5 Å². The molecule has 31 heavy (non-hydrogen) atoms. The Bertz CT molecular complexity index is 857. The second-order valence-corrected chi connectivity index (χ2v) is 9.59. The number of nitrogens with zero attached hydrogens (tertiary/aromatic N) is 2. The Morgan fingerprint density at radius 2 is 1.61 bits per heavy atom. The number of aliphatic hydroxyl groups is 1. The number of allylic oxidation sites excluding steroid dienone is 2. The molecule has 2 aliphatic carbocycles. The molecule has 1 aromatic carbocycles. The van der Waals surface area contributed by atoms with E-state index in [1.807, 2.05) is 36.4 Å². The number of benzene rings is 1. The second-order valence-electron chi connectivity index (χ2n) is 9.59. The largest absolute Gasteiger partial charge is 0.496 e. The van der Waals surface area contributed by atoms with E-state index in [2.05, 4.69) is 4.90 Å². The number of hydrogen-bond donors (Lipinski definition) is 1. The number of carbonyl (C=O) groups excluding carboxylic acids is 2. The summed E-state index contributed by atoms with van der Waals surface area (Å²) in [5.41, 5.74) is 0.0706. The Balaban J connectivity index is 1.20. The Hall–Kier alpha value is -2.18. The lowest BCUT2D eigenvalue weighted by Crippen LogP contribution is -2.52. The van der Waals surface area contributed by atoms with Crippen LogP contribution in [0, 0.1) is 23.7 Å². The molecule has 2 amide bonds. The molecule has 5 rings (SSSR count). The number of para-hydroxylation sites is 1. The average Bonchev–Trinajstić information content (AvgIpc) is 3.11. The smallest absolute Gasteiger partial charge is 0.233 e. The molecule has 1 saturated carbocycles. The molecule has 4 atom stereocenters. The molecule has 2 bridgehead atoms. The zero-order valence-corrected chi connectivity index (χ0v) is 18.2. The number of fused-ring (bicyclic) bond motifs is 3. The van der Waals surface area contributed by atoms with E-state index in [4.69, 9.17) is 4.74 Å². The fraction of sp³-hybridized carbons (Fsp3) is 0.600. The first kappa shape index (κ1) is 20.7. The molecule has 2 aliphatic heterocycles. The van der Waals surface area contributed by atoms with Crippen LogP contribution in [0.5, 0.6) is 5.75 Å². The highest BCUT2D eigenvalue weighted by molar-refractivity contribution is 6.05. The summed E-state index contributed by atoms with van der Waals surface area (Å²) in [5.74, 6) is 0.862. The molecular formula is C25H32N2O4. The van der Waals surface area contributed by atoms with Crippen molar-refractivity contribution in [3.05, 3.63) is 42.0 Å². The van der Waals surface area contributed by atoms with Gasteiger partial charge in [0, 0.05) is 37.0 Å². The second kappa shape index (κ2) is 8.06. The summed E-state index contributed by atoms with van der Waals surface area (Å²) in [6.45, 7) is 3.02. The summed E-state index contributed by atoms with van der Waals surface area (Å²) in [6.07, 6.45) is 8.26. The van der Waals surface area contributed by atoms with Crippen LogP contribution in [0.4, 0.5) is 0 Å². The number of imide groups is 1. The van der Waals surface area contributed by atoms with Gasteiger partial charge in [-0.05, 0) is 44.7 Å². The number of likely N-dealkylation sites (tertiary alicyclic amines) is 2. The Labute approximate surface area is 183 Å². The van der Waals surface area contributed by atoms with Gasteiger partial charge in [0.1, 0.15) is 11.4 Å². The summed E-state index contributed by atoms with van der Waals surface area (Å²) >= 11 is 0. The number of methoxy groups -OCH3 is 1. The van der Waals surface area contributed by atoms with Gasteiger partial charge >= 0.3 is 0 Å². The van der Waals surface area contributed by atoms with Crippen molar-refractivity contribution in [1.82, 2.24) is 9.80 Å². The molecule has 4 unspecified atom stereocenters. The highest BCUT2D eigenvalue weighted by Crippen LogP contribution is 2.53. The van der Waals surface area contributed by atoms with Gasteiger partial charge in [0.05, 0.1) is 18.9 Å². The summed E-state index contributed by atoms with van der Waals surface area (Å²) in [4.78, 5) is 29.2.